The third kappa shape index (κ3) is 5.45. The summed E-state index contributed by atoms with van der Waals surface area (Å²) in [5, 5.41) is 0. The molecule has 0 bridgehead atoms. The van der Waals surface area contributed by atoms with Gasteiger partial charge in [0, 0.05) is 23.1 Å². The number of fused-ring (bicyclic) bond motifs is 3. The quantitative estimate of drug-likeness (QED) is 0.216. The monoisotopic (exact) mass is 634 g/mol. The molecule has 1 saturated carbocycles. The van der Waals surface area contributed by atoms with E-state index in [1.54, 1.807) is 22.3 Å². The van der Waals surface area contributed by atoms with Gasteiger partial charge < -0.3 is 4.90 Å². The van der Waals surface area contributed by atoms with E-state index >= 15 is 0 Å². The molecule has 6 unspecified atom stereocenters. The lowest BCUT2D eigenvalue weighted by Crippen LogP contribution is -2.48. The van der Waals surface area contributed by atoms with Crippen molar-refractivity contribution in [2.45, 2.75) is 99.8 Å². The standard InChI is InChI=1S/C45H52NSi/c1-47(2)44-32-38(30-31-39(44)33-16-6-3-7-17-33)46(36-20-10-5-11-21-36)37-28-26-35(27-29-37)45(34-18-8-4-9-19-34)42-24-14-12-22-40(42)41-23-13-15-25-43(41)45/h4-6,8-12,14-20,22,24-25,30-32,35-37,39,41,43-44H,3,7,13,21,23,26-29H2,1-2H3. The fourth-order valence-corrected chi connectivity index (χ4v) is 12.2. The molecule has 0 amide bonds. The van der Waals surface area contributed by atoms with Crippen LogP contribution in [0.2, 0.25) is 18.6 Å². The van der Waals surface area contributed by atoms with E-state index in [0.29, 0.717) is 41.3 Å². The van der Waals surface area contributed by atoms with Crippen molar-refractivity contribution in [3.63, 3.8) is 0 Å². The number of hydrogen-bond acceptors (Lipinski definition) is 1. The maximum atomic E-state index is 2.88. The van der Waals surface area contributed by atoms with Gasteiger partial charge in [-0.25, -0.2) is 0 Å². The molecule has 0 aromatic heterocycles. The molecule has 6 aliphatic rings. The molecule has 6 atom stereocenters. The Morgan fingerprint density at radius 1 is 0.745 bits per heavy atom. The summed E-state index contributed by atoms with van der Waals surface area (Å²) in [6.07, 6.45) is 40.7. The van der Waals surface area contributed by atoms with E-state index in [9.17, 15) is 0 Å². The predicted molar refractivity (Wildman–Crippen MR) is 201 cm³/mol. The van der Waals surface area contributed by atoms with Crippen molar-refractivity contribution in [3.8, 4) is 0 Å². The van der Waals surface area contributed by atoms with Crippen LogP contribution in [0, 0.1) is 17.8 Å². The van der Waals surface area contributed by atoms with Crippen LogP contribution in [-0.4, -0.2) is 25.8 Å². The van der Waals surface area contributed by atoms with E-state index in [2.05, 4.69) is 146 Å². The molecule has 8 rings (SSSR count). The van der Waals surface area contributed by atoms with E-state index < -0.39 is 8.80 Å². The van der Waals surface area contributed by atoms with Crippen molar-refractivity contribution < 1.29 is 0 Å². The highest BCUT2D eigenvalue weighted by molar-refractivity contribution is 6.58. The van der Waals surface area contributed by atoms with Crippen molar-refractivity contribution in [1.82, 2.24) is 4.90 Å². The lowest BCUT2D eigenvalue weighted by Gasteiger charge is -2.50. The molecule has 1 nitrogen and oxygen atoms in total. The lowest BCUT2D eigenvalue weighted by molar-refractivity contribution is 0.111. The number of hydrogen-bond donors (Lipinski definition) is 0. The van der Waals surface area contributed by atoms with Gasteiger partial charge in [0.1, 0.15) is 0 Å². The van der Waals surface area contributed by atoms with Crippen molar-refractivity contribution in [2.75, 3.05) is 0 Å². The van der Waals surface area contributed by atoms with Crippen molar-refractivity contribution >= 4 is 8.80 Å². The van der Waals surface area contributed by atoms with Gasteiger partial charge in [0.15, 0.2) is 0 Å². The molecule has 0 spiro atoms. The van der Waals surface area contributed by atoms with Gasteiger partial charge in [-0.1, -0.05) is 135 Å². The molecule has 2 aromatic carbocycles. The molecule has 2 aromatic rings. The topological polar surface area (TPSA) is 3.24 Å². The van der Waals surface area contributed by atoms with Gasteiger partial charge in [-0.3, -0.25) is 0 Å². The van der Waals surface area contributed by atoms with Crippen LogP contribution in [0.4, 0.5) is 0 Å². The van der Waals surface area contributed by atoms with Crippen molar-refractivity contribution in [2.24, 2.45) is 17.8 Å². The Hall–Kier alpha value is -3.36. The van der Waals surface area contributed by atoms with Gasteiger partial charge in [-0.2, -0.15) is 0 Å². The van der Waals surface area contributed by atoms with Gasteiger partial charge in [-0.05, 0) is 109 Å². The van der Waals surface area contributed by atoms with Crippen LogP contribution in [0.1, 0.15) is 80.4 Å². The van der Waals surface area contributed by atoms with E-state index in [4.69, 9.17) is 0 Å². The second-order valence-electron chi connectivity index (χ2n) is 15.3. The van der Waals surface area contributed by atoms with E-state index in [1.807, 2.05) is 0 Å². The highest BCUT2D eigenvalue weighted by atomic mass is 28.3. The summed E-state index contributed by atoms with van der Waals surface area (Å²) in [5.41, 5.74) is 8.54. The molecular weight excluding hydrogens is 583 g/mol. The molecule has 1 radical (unpaired) electrons. The van der Waals surface area contributed by atoms with Gasteiger partial charge in [0.25, 0.3) is 0 Å². The Bertz CT molecular complexity index is 1640. The first-order valence-corrected chi connectivity index (χ1v) is 21.2. The number of benzene rings is 2. The molecule has 1 fully saturated rings. The Labute approximate surface area is 285 Å². The van der Waals surface area contributed by atoms with Crippen LogP contribution >= 0.6 is 0 Å². The fraction of sp³-hybridized carbons (Fsp3) is 0.422. The Morgan fingerprint density at radius 3 is 2.34 bits per heavy atom. The molecule has 47 heavy (non-hydrogen) atoms. The number of rotatable bonds is 7. The van der Waals surface area contributed by atoms with E-state index in [1.165, 1.54) is 57.1 Å². The minimum atomic E-state index is -0.522. The summed E-state index contributed by atoms with van der Waals surface area (Å²) in [7, 11) is -0.522. The van der Waals surface area contributed by atoms with Crippen LogP contribution < -0.4 is 0 Å². The average molecular weight is 635 g/mol. The van der Waals surface area contributed by atoms with Crippen LogP contribution in [-0.2, 0) is 5.41 Å². The van der Waals surface area contributed by atoms with Gasteiger partial charge >= 0.3 is 0 Å². The Balaban J connectivity index is 1.13. The van der Waals surface area contributed by atoms with Crippen LogP contribution in [0.5, 0.6) is 0 Å². The summed E-state index contributed by atoms with van der Waals surface area (Å²) in [5.74, 6) is 2.37. The first kappa shape index (κ1) is 30.9. The smallest absolute Gasteiger partial charge is 0.0513 e. The SMILES string of the molecule is C[Si](C)C1C=C(N(C2C=CC=CC2)C2CCC(C3(c4ccccc4)c4ccccc4C4CCC=CC43)CC2)C=CC1C1=CCCC=C1. The zero-order valence-electron chi connectivity index (χ0n) is 28.5. The fourth-order valence-electron chi connectivity index (χ4n) is 10.6. The van der Waals surface area contributed by atoms with Crippen LogP contribution in [0.3, 0.4) is 0 Å². The first-order valence-electron chi connectivity index (χ1n) is 18.7. The largest absolute Gasteiger partial charge is 0.362 e. The zero-order chi connectivity index (χ0) is 31.8. The lowest BCUT2D eigenvalue weighted by atomic mass is 9.56. The van der Waals surface area contributed by atoms with Crippen molar-refractivity contribution in [3.05, 3.63) is 155 Å². The molecular formula is C45H52NSi. The van der Waals surface area contributed by atoms with Crippen LogP contribution in [0.25, 0.3) is 0 Å². The molecule has 0 heterocycles. The summed E-state index contributed by atoms with van der Waals surface area (Å²) in [6, 6.07) is 22.3. The normalized spacial score (nSPS) is 34.1. The molecule has 0 aliphatic heterocycles. The third-order valence-electron chi connectivity index (χ3n) is 12.6. The molecule has 0 N–H and O–H groups in total. The second-order valence-corrected chi connectivity index (χ2v) is 18.1. The third-order valence-corrected chi connectivity index (χ3v) is 14.5. The van der Waals surface area contributed by atoms with E-state index in [0.717, 1.165) is 6.42 Å². The number of nitrogens with zero attached hydrogens (tertiary/aromatic N) is 1. The minimum absolute atomic E-state index is 0.0635. The molecule has 2 heteroatoms. The molecule has 241 valence electrons. The molecule has 0 saturated heterocycles. The highest BCUT2D eigenvalue weighted by Gasteiger charge is 2.56. The summed E-state index contributed by atoms with van der Waals surface area (Å²) >= 11 is 0. The average Bonchev–Trinajstić information content (AvgIpc) is 3.44. The maximum absolute atomic E-state index is 2.88. The van der Waals surface area contributed by atoms with Gasteiger partial charge in [0.2, 0.25) is 0 Å². The zero-order valence-corrected chi connectivity index (χ0v) is 29.5. The minimum Gasteiger partial charge on any atom is -0.362 e. The first-order chi connectivity index (χ1) is 23.2. The van der Waals surface area contributed by atoms with Gasteiger partial charge in [-0.15, -0.1) is 0 Å². The van der Waals surface area contributed by atoms with E-state index in [-0.39, 0.29) is 5.41 Å². The number of allylic oxidation sites excluding steroid dienone is 11. The summed E-state index contributed by atoms with van der Waals surface area (Å²) in [6.45, 7) is 5.05. The van der Waals surface area contributed by atoms with Gasteiger partial charge in [0.05, 0.1) is 14.8 Å². The molecule has 6 aliphatic carbocycles. The Morgan fingerprint density at radius 2 is 1.57 bits per heavy atom. The second kappa shape index (κ2) is 13.3. The Kier molecular flexibility index (Phi) is 8.73. The predicted octanol–water partition coefficient (Wildman–Crippen LogP) is 11.3. The van der Waals surface area contributed by atoms with Crippen LogP contribution in [0.15, 0.2) is 139 Å². The summed E-state index contributed by atoms with van der Waals surface area (Å²) < 4.78 is 0. The maximum Gasteiger partial charge on any atom is 0.0513 e. The van der Waals surface area contributed by atoms with Crippen molar-refractivity contribution in [1.29, 1.82) is 0 Å². The highest BCUT2D eigenvalue weighted by Crippen LogP contribution is 2.63. The summed E-state index contributed by atoms with van der Waals surface area (Å²) in [4.78, 5) is 2.88.